The molecule has 1 nitrogen and oxygen atoms in total. The Morgan fingerprint density at radius 2 is 1.29 bits per heavy atom. The molecular formula is C34H33N. The summed E-state index contributed by atoms with van der Waals surface area (Å²) in [5.41, 5.74) is 9.60. The van der Waals surface area contributed by atoms with Gasteiger partial charge in [0.25, 0.3) is 0 Å². The van der Waals surface area contributed by atoms with E-state index in [9.17, 15) is 0 Å². The SMILES string of the molecule is CC1=C(C=CC=C2N(C)c3ccc4ccccc4c3C2(C)C)C(C)(C)c2c1ccc1ccccc21. The summed E-state index contributed by atoms with van der Waals surface area (Å²) in [6.45, 7) is 11.7. The number of allylic oxidation sites excluding steroid dienone is 6. The van der Waals surface area contributed by atoms with E-state index in [0.29, 0.717) is 0 Å². The van der Waals surface area contributed by atoms with Gasteiger partial charge in [0.15, 0.2) is 0 Å². The standard InChI is InChI=1S/C34H33N/c1-22-25-20-18-23-12-7-9-14-26(23)31(25)33(2,3)28(22)16-11-17-30-34(4,5)32-27-15-10-8-13-24(27)19-21-29(32)35(30)6/h7-21H,1-6H3. The zero-order valence-corrected chi connectivity index (χ0v) is 21.6. The van der Waals surface area contributed by atoms with Crippen LogP contribution >= 0.6 is 0 Å². The van der Waals surface area contributed by atoms with E-state index in [1.165, 1.54) is 60.8 Å². The highest BCUT2D eigenvalue weighted by molar-refractivity contribution is 5.97. The minimum Gasteiger partial charge on any atom is -0.347 e. The maximum absolute atomic E-state index is 2.37. The fourth-order valence-electron chi connectivity index (χ4n) is 6.77. The number of fused-ring (bicyclic) bond motifs is 6. The highest BCUT2D eigenvalue weighted by Crippen LogP contribution is 2.51. The summed E-state index contributed by atoms with van der Waals surface area (Å²) in [4.78, 5) is 2.37. The summed E-state index contributed by atoms with van der Waals surface area (Å²) in [5.74, 6) is 0. The first-order chi connectivity index (χ1) is 16.7. The van der Waals surface area contributed by atoms with Crippen molar-refractivity contribution in [2.24, 2.45) is 0 Å². The third kappa shape index (κ3) is 3.01. The molecule has 0 saturated carbocycles. The largest absolute Gasteiger partial charge is 0.347 e. The summed E-state index contributed by atoms with van der Waals surface area (Å²) in [6.07, 6.45) is 6.95. The minimum absolute atomic E-state index is 0.0362. The van der Waals surface area contributed by atoms with Crippen LogP contribution in [-0.4, -0.2) is 7.05 Å². The maximum Gasteiger partial charge on any atom is 0.0454 e. The van der Waals surface area contributed by atoms with E-state index in [4.69, 9.17) is 0 Å². The second-order valence-electron chi connectivity index (χ2n) is 11.1. The van der Waals surface area contributed by atoms with Crippen molar-refractivity contribution in [3.05, 3.63) is 119 Å². The van der Waals surface area contributed by atoms with Gasteiger partial charge in [-0.2, -0.15) is 0 Å². The molecule has 4 aromatic rings. The number of hydrogen-bond acceptors (Lipinski definition) is 1. The molecule has 0 radical (unpaired) electrons. The summed E-state index contributed by atoms with van der Waals surface area (Å²) >= 11 is 0. The van der Waals surface area contributed by atoms with E-state index < -0.39 is 0 Å². The van der Waals surface area contributed by atoms with Crippen LogP contribution < -0.4 is 4.90 Å². The lowest BCUT2D eigenvalue weighted by Gasteiger charge is -2.25. The second-order valence-corrected chi connectivity index (χ2v) is 11.1. The van der Waals surface area contributed by atoms with Gasteiger partial charge in [0, 0.05) is 29.3 Å². The highest BCUT2D eigenvalue weighted by atomic mass is 15.2. The van der Waals surface area contributed by atoms with Gasteiger partial charge in [-0.15, -0.1) is 0 Å². The van der Waals surface area contributed by atoms with Crippen LogP contribution in [0.25, 0.3) is 27.1 Å². The van der Waals surface area contributed by atoms with Gasteiger partial charge in [0.05, 0.1) is 0 Å². The molecule has 6 rings (SSSR count). The van der Waals surface area contributed by atoms with Crippen molar-refractivity contribution in [3.8, 4) is 0 Å². The lowest BCUT2D eigenvalue weighted by molar-refractivity contribution is 0.644. The number of anilines is 1. The summed E-state index contributed by atoms with van der Waals surface area (Å²) in [6, 6.07) is 26.6. The molecule has 0 bridgehead atoms. The van der Waals surface area contributed by atoms with Gasteiger partial charge in [0.1, 0.15) is 0 Å². The molecule has 0 aromatic heterocycles. The molecule has 1 heterocycles. The molecule has 0 unspecified atom stereocenters. The lowest BCUT2D eigenvalue weighted by Crippen LogP contribution is -2.22. The van der Waals surface area contributed by atoms with Gasteiger partial charge in [-0.1, -0.05) is 107 Å². The van der Waals surface area contributed by atoms with Gasteiger partial charge in [-0.05, 0) is 68.4 Å². The Hall–Kier alpha value is -3.58. The molecule has 4 aromatic carbocycles. The minimum atomic E-state index is -0.0664. The van der Waals surface area contributed by atoms with Gasteiger partial charge < -0.3 is 4.90 Å². The predicted molar refractivity (Wildman–Crippen MR) is 152 cm³/mol. The average molecular weight is 456 g/mol. The molecule has 1 aliphatic heterocycles. The smallest absolute Gasteiger partial charge is 0.0454 e. The third-order valence-corrected chi connectivity index (χ3v) is 8.45. The number of rotatable bonds is 2. The predicted octanol–water partition coefficient (Wildman–Crippen LogP) is 8.93. The third-order valence-electron chi connectivity index (χ3n) is 8.45. The Kier molecular flexibility index (Phi) is 4.67. The number of benzene rings is 4. The molecule has 0 fully saturated rings. The number of nitrogens with zero attached hydrogens (tertiary/aromatic N) is 1. The van der Waals surface area contributed by atoms with E-state index in [-0.39, 0.29) is 10.8 Å². The molecular weight excluding hydrogens is 422 g/mol. The fourth-order valence-corrected chi connectivity index (χ4v) is 6.77. The van der Waals surface area contributed by atoms with Crippen molar-refractivity contribution in [2.45, 2.75) is 45.4 Å². The van der Waals surface area contributed by atoms with Crippen LogP contribution in [0.4, 0.5) is 5.69 Å². The number of likely N-dealkylation sites (N-methyl/N-ethyl adjacent to an activating group) is 1. The zero-order valence-electron chi connectivity index (χ0n) is 21.6. The van der Waals surface area contributed by atoms with E-state index in [0.717, 1.165) is 0 Å². The second kappa shape index (κ2) is 7.46. The van der Waals surface area contributed by atoms with Crippen molar-refractivity contribution >= 4 is 32.8 Å². The molecule has 1 heteroatoms. The van der Waals surface area contributed by atoms with Crippen molar-refractivity contribution in [2.75, 3.05) is 11.9 Å². The summed E-state index contributed by atoms with van der Waals surface area (Å²) < 4.78 is 0. The molecule has 0 saturated heterocycles. The monoisotopic (exact) mass is 455 g/mol. The molecule has 0 amide bonds. The molecule has 35 heavy (non-hydrogen) atoms. The van der Waals surface area contributed by atoms with Crippen LogP contribution in [0.2, 0.25) is 0 Å². The highest BCUT2D eigenvalue weighted by Gasteiger charge is 2.40. The topological polar surface area (TPSA) is 3.24 Å². The van der Waals surface area contributed by atoms with E-state index in [1.807, 2.05) is 0 Å². The van der Waals surface area contributed by atoms with E-state index in [2.05, 4.69) is 138 Å². The molecule has 1 aliphatic carbocycles. The Bertz CT molecular complexity index is 1610. The molecule has 0 atom stereocenters. The van der Waals surface area contributed by atoms with Gasteiger partial charge in [0.2, 0.25) is 0 Å². The maximum atomic E-state index is 2.37. The Balaban J connectivity index is 1.42. The first-order valence-corrected chi connectivity index (χ1v) is 12.6. The zero-order chi connectivity index (χ0) is 24.5. The van der Waals surface area contributed by atoms with Crippen LogP contribution in [0.3, 0.4) is 0 Å². The first-order valence-electron chi connectivity index (χ1n) is 12.6. The van der Waals surface area contributed by atoms with Crippen LogP contribution in [0, 0.1) is 0 Å². The van der Waals surface area contributed by atoms with Crippen molar-refractivity contribution in [1.29, 1.82) is 0 Å². The van der Waals surface area contributed by atoms with Crippen LogP contribution in [-0.2, 0) is 10.8 Å². The molecule has 2 aliphatic rings. The van der Waals surface area contributed by atoms with Gasteiger partial charge in [-0.25, -0.2) is 0 Å². The van der Waals surface area contributed by atoms with Crippen LogP contribution in [0.15, 0.2) is 102 Å². The van der Waals surface area contributed by atoms with Crippen LogP contribution in [0.1, 0.15) is 51.3 Å². The van der Waals surface area contributed by atoms with Gasteiger partial charge >= 0.3 is 0 Å². The van der Waals surface area contributed by atoms with Crippen molar-refractivity contribution < 1.29 is 0 Å². The normalized spacial score (nSPS) is 19.4. The molecule has 174 valence electrons. The molecule has 0 N–H and O–H groups in total. The Morgan fingerprint density at radius 1 is 0.686 bits per heavy atom. The summed E-state index contributed by atoms with van der Waals surface area (Å²) in [5, 5.41) is 5.35. The van der Waals surface area contributed by atoms with E-state index in [1.54, 1.807) is 0 Å². The van der Waals surface area contributed by atoms with Crippen molar-refractivity contribution in [1.82, 2.24) is 0 Å². The fraction of sp³-hybridized carbons (Fsp3) is 0.235. The molecule has 0 spiro atoms. The van der Waals surface area contributed by atoms with Gasteiger partial charge in [-0.3, -0.25) is 0 Å². The average Bonchev–Trinajstić information content (AvgIpc) is 3.17. The Morgan fingerprint density at radius 3 is 1.97 bits per heavy atom. The number of hydrogen-bond donors (Lipinski definition) is 0. The lowest BCUT2D eigenvalue weighted by atomic mass is 9.78. The first kappa shape index (κ1) is 21.9. The van der Waals surface area contributed by atoms with Crippen molar-refractivity contribution in [3.63, 3.8) is 0 Å². The van der Waals surface area contributed by atoms with Crippen LogP contribution in [0.5, 0.6) is 0 Å². The summed E-state index contributed by atoms with van der Waals surface area (Å²) in [7, 11) is 2.20. The quantitative estimate of drug-likeness (QED) is 0.292. The van der Waals surface area contributed by atoms with E-state index >= 15 is 0 Å². The Labute approximate surface area is 209 Å².